The Labute approximate surface area is 101 Å². The summed E-state index contributed by atoms with van der Waals surface area (Å²) in [6.45, 7) is 0. The van der Waals surface area contributed by atoms with E-state index in [1.165, 1.54) is 7.11 Å². The third kappa shape index (κ3) is 3.31. The van der Waals surface area contributed by atoms with Crippen LogP contribution in [0.4, 0.5) is 5.69 Å². The maximum Gasteiger partial charge on any atom is 0.339 e. The van der Waals surface area contributed by atoms with Gasteiger partial charge in [-0.3, -0.25) is 0 Å². The minimum absolute atomic E-state index is 0.397. The van der Waals surface area contributed by atoms with E-state index in [0.717, 1.165) is 17.7 Å². The number of esters is 1. The molecular formula is C12H15NO2S. The maximum absolute atomic E-state index is 11.3. The molecule has 4 heteroatoms. The highest BCUT2D eigenvalue weighted by atomic mass is 32.1. The van der Waals surface area contributed by atoms with Gasteiger partial charge in [-0.15, -0.1) is 0 Å². The molecular weight excluding hydrogens is 222 g/mol. The average molecular weight is 237 g/mol. The van der Waals surface area contributed by atoms with Crippen LogP contribution >= 0.6 is 12.6 Å². The van der Waals surface area contributed by atoms with E-state index in [9.17, 15) is 4.79 Å². The zero-order valence-electron chi connectivity index (χ0n) is 9.14. The van der Waals surface area contributed by atoms with E-state index in [1.807, 2.05) is 18.2 Å². The van der Waals surface area contributed by atoms with Crippen LogP contribution in [0, 0.1) is 0 Å². The molecule has 0 aliphatic carbocycles. The summed E-state index contributed by atoms with van der Waals surface area (Å²) < 4.78 is 4.61. The Kier molecular flexibility index (Phi) is 4.92. The SMILES string of the molecule is COC(=O)c1ccc(C=CCCS)cc1N. The van der Waals surface area contributed by atoms with Crippen molar-refractivity contribution >= 4 is 30.4 Å². The number of anilines is 1. The summed E-state index contributed by atoms with van der Waals surface area (Å²) in [7, 11) is 1.34. The summed E-state index contributed by atoms with van der Waals surface area (Å²) in [4.78, 5) is 11.3. The normalized spacial score (nSPS) is 10.6. The van der Waals surface area contributed by atoms with E-state index >= 15 is 0 Å². The summed E-state index contributed by atoms with van der Waals surface area (Å²) in [6, 6.07) is 5.25. The van der Waals surface area contributed by atoms with E-state index in [0.29, 0.717) is 11.3 Å². The molecule has 0 saturated heterocycles. The number of nitrogens with two attached hydrogens (primary N) is 1. The maximum atomic E-state index is 11.3. The Morgan fingerprint density at radius 3 is 2.88 bits per heavy atom. The zero-order valence-corrected chi connectivity index (χ0v) is 10.0. The standard InChI is InChI=1S/C12H15NO2S/c1-15-12(14)10-6-5-9(8-11(10)13)4-2-3-7-16/h2,4-6,8,16H,3,7,13H2,1H3. The quantitative estimate of drug-likeness (QED) is 0.480. The second-order valence-electron chi connectivity index (χ2n) is 3.25. The van der Waals surface area contributed by atoms with Gasteiger partial charge in [-0.05, 0) is 29.9 Å². The van der Waals surface area contributed by atoms with Gasteiger partial charge in [0, 0.05) is 5.69 Å². The number of ether oxygens (including phenoxy) is 1. The van der Waals surface area contributed by atoms with Crippen molar-refractivity contribution in [3.8, 4) is 0 Å². The highest BCUT2D eigenvalue weighted by Crippen LogP contribution is 2.16. The van der Waals surface area contributed by atoms with Crippen molar-refractivity contribution in [2.75, 3.05) is 18.6 Å². The summed E-state index contributed by atoms with van der Waals surface area (Å²) in [6.07, 6.45) is 4.87. The Morgan fingerprint density at radius 1 is 1.56 bits per heavy atom. The van der Waals surface area contributed by atoms with Gasteiger partial charge in [-0.1, -0.05) is 18.2 Å². The molecule has 0 bridgehead atoms. The summed E-state index contributed by atoms with van der Waals surface area (Å²) in [5, 5.41) is 0. The van der Waals surface area contributed by atoms with E-state index in [-0.39, 0.29) is 0 Å². The third-order valence-electron chi connectivity index (χ3n) is 2.09. The Bertz CT molecular complexity index is 402. The van der Waals surface area contributed by atoms with Crippen molar-refractivity contribution in [2.24, 2.45) is 0 Å². The van der Waals surface area contributed by atoms with Crippen LogP contribution in [0.25, 0.3) is 6.08 Å². The fourth-order valence-electron chi connectivity index (χ4n) is 1.27. The fraction of sp³-hybridized carbons (Fsp3) is 0.250. The lowest BCUT2D eigenvalue weighted by molar-refractivity contribution is 0.0602. The first kappa shape index (κ1) is 12.6. The van der Waals surface area contributed by atoms with E-state index in [4.69, 9.17) is 5.73 Å². The van der Waals surface area contributed by atoms with Gasteiger partial charge in [0.15, 0.2) is 0 Å². The van der Waals surface area contributed by atoms with Crippen molar-refractivity contribution in [1.82, 2.24) is 0 Å². The Balaban J connectivity index is 2.86. The molecule has 0 atom stereocenters. The molecule has 3 nitrogen and oxygen atoms in total. The number of rotatable bonds is 4. The topological polar surface area (TPSA) is 52.3 Å². The van der Waals surface area contributed by atoms with Crippen LogP contribution in [0.2, 0.25) is 0 Å². The molecule has 1 rings (SSSR count). The molecule has 0 aliphatic heterocycles. The molecule has 0 unspecified atom stereocenters. The van der Waals surface area contributed by atoms with Gasteiger partial charge in [0.25, 0.3) is 0 Å². The molecule has 2 N–H and O–H groups in total. The van der Waals surface area contributed by atoms with Crippen LogP contribution < -0.4 is 5.73 Å². The molecule has 0 fully saturated rings. The van der Waals surface area contributed by atoms with Crippen molar-refractivity contribution in [3.63, 3.8) is 0 Å². The third-order valence-corrected chi connectivity index (χ3v) is 2.35. The smallest absolute Gasteiger partial charge is 0.339 e. The monoisotopic (exact) mass is 237 g/mol. The molecule has 1 aromatic carbocycles. The molecule has 0 heterocycles. The van der Waals surface area contributed by atoms with Gasteiger partial charge in [0.2, 0.25) is 0 Å². The van der Waals surface area contributed by atoms with Gasteiger partial charge in [-0.2, -0.15) is 12.6 Å². The number of hydrogen-bond donors (Lipinski definition) is 2. The first-order chi connectivity index (χ1) is 7.69. The van der Waals surface area contributed by atoms with Crippen LogP contribution in [0.1, 0.15) is 22.3 Å². The van der Waals surface area contributed by atoms with Crippen LogP contribution in [0.3, 0.4) is 0 Å². The van der Waals surface area contributed by atoms with E-state index < -0.39 is 5.97 Å². The van der Waals surface area contributed by atoms with E-state index in [1.54, 1.807) is 12.1 Å². The lowest BCUT2D eigenvalue weighted by Crippen LogP contribution is -2.05. The van der Waals surface area contributed by atoms with Crippen molar-refractivity contribution in [2.45, 2.75) is 6.42 Å². The molecule has 0 radical (unpaired) electrons. The van der Waals surface area contributed by atoms with Crippen molar-refractivity contribution in [3.05, 3.63) is 35.4 Å². The number of nitrogen functional groups attached to an aromatic ring is 1. The summed E-state index contributed by atoms with van der Waals surface area (Å²) in [5.41, 5.74) is 7.54. The number of hydrogen-bond acceptors (Lipinski definition) is 4. The average Bonchev–Trinajstić information content (AvgIpc) is 2.29. The Hall–Kier alpha value is -1.42. The number of carbonyl (C=O) groups is 1. The highest BCUT2D eigenvalue weighted by Gasteiger charge is 2.08. The number of allylic oxidation sites excluding steroid dienone is 1. The lowest BCUT2D eigenvalue weighted by atomic mass is 10.1. The lowest BCUT2D eigenvalue weighted by Gasteiger charge is -2.04. The predicted molar refractivity (Wildman–Crippen MR) is 69.7 cm³/mol. The van der Waals surface area contributed by atoms with Crippen molar-refractivity contribution < 1.29 is 9.53 Å². The van der Waals surface area contributed by atoms with Crippen molar-refractivity contribution in [1.29, 1.82) is 0 Å². The summed E-state index contributed by atoms with van der Waals surface area (Å²) in [5.74, 6) is 0.398. The molecule has 0 amide bonds. The van der Waals surface area contributed by atoms with Crippen LogP contribution in [0.5, 0.6) is 0 Å². The second-order valence-corrected chi connectivity index (χ2v) is 3.70. The molecule has 0 aliphatic rings. The van der Waals surface area contributed by atoms with Crippen LogP contribution in [0.15, 0.2) is 24.3 Å². The minimum atomic E-state index is -0.414. The number of carbonyl (C=O) groups excluding carboxylic acids is 1. The molecule has 86 valence electrons. The van der Waals surface area contributed by atoms with Gasteiger partial charge in [-0.25, -0.2) is 4.79 Å². The first-order valence-electron chi connectivity index (χ1n) is 4.94. The van der Waals surface area contributed by atoms with Crippen LogP contribution in [-0.4, -0.2) is 18.8 Å². The fourth-order valence-corrected chi connectivity index (χ4v) is 1.42. The van der Waals surface area contributed by atoms with Crippen LogP contribution in [-0.2, 0) is 4.74 Å². The van der Waals surface area contributed by atoms with E-state index in [2.05, 4.69) is 17.4 Å². The largest absolute Gasteiger partial charge is 0.465 e. The van der Waals surface area contributed by atoms with Gasteiger partial charge in [0.05, 0.1) is 12.7 Å². The predicted octanol–water partition coefficient (Wildman–Crippen LogP) is 2.39. The summed E-state index contributed by atoms with van der Waals surface area (Å²) >= 11 is 4.11. The molecule has 0 saturated carbocycles. The Morgan fingerprint density at radius 2 is 2.31 bits per heavy atom. The molecule has 0 spiro atoms. The number of methoxy groups -OCH3 is 1. The highest BCUT2D eigenvalue weighted by molar-refractivity contribution is 7.80. The van der Waals surface area contributed by atoms with Gasteiger partial charge < -0.3 is 10.5 Å². The zero-order chi connectivity index (χ0) is 12.0. The molecule has 0 aromatic heterocycles. The molecule has 1 aromatic rings. The van der Waals surface area contributed by atoms with Gasteiger partial charge >= 0.3 is 5.97 Å². The van der Waals surface area contributed by atoms with Gasteiger partial charge in [0.1, 0.15) is 0 Å². The minimum Gasteiger partial charge on any atom is -0.465 e. The second kappa shape index (κ2) is 6.23. The number of benzene rings is 1. The first-order valence-corrected chi connectivity index (χ1v) is 5.57. The molecule has 16 heavy (non-hydrogen) atoms. The number of thiol groups is 1.